The Morgan fingerprint density at radius 1 is 1.33 bits per heavy atom. The summed E-state index contributed by atoms with van der Waals surface area (Å²) in [5.74, 6) is -1.23. The molecule has 0 aromatic rings. The molecule has 1 rings (SSSR count). The predicted octanol–water partition coefficient (Wildman–Crippen LogP) is 1.45. The lowest BCUT2D eigenvalue weighted by Crippen LogP contribution is -2.37. The van der Waals surface area contributed by atoms with E-state index in [4.69, 9.17) is 5.11 Å². The van der Waals surface area contributed by atoms with Crippen LogP contribution in [0.1, 0.15) is 40.0 Å². The number of carboxylic acids is 1. The fourth-order valence-electron chi connectivity index (χ4n) is 2.46. The highest BCUT2D eigenvalue weighted by Gasteiger charge is 2.33. The third kappa shape index (κ3) is 4.94. The van der Waals surface area contributed by atoms with Gasteiger partial charge in [0.05, 0.1) is 11.7 Å². The van der Waals surface area contributed by atoms with Crippen molar-refractivity contribution in [1.82, 2.24) is 4.72 Å². The molecule has 0 amide bonds. The fourth-order valence-corrected chi connectivity index (χ4v) is 4.17. The van der Waals surface area contributed by atoms with Gasteiger partial charge in [0.2, 0.25) is 10.0 Å². The minimum atomic E-state index is -3.32. The van der Waals surface area contributed by atoms with E-state index >= 15 is 0 Å². The molecule has 1 aliphatic carbocycles. The van der Waals surface area contributed by atoms with Crippen molar-refractivity contribution in [3.8, 4) is 0 Å². The molecule has 106 valence electrons. The number of nitrogens with one attached hydrogen (secondary N) is 1. The third-order valence-electron chi connectivity index (χ3n) is 3.16. The van der Waals surface area contributed by atoms with Crippen molar-refractivity contribution in [2.45, 2.75) is 40.0 Å². The Bertz CT molecular complexity index is 397. The predicted molar refractivity (Wildman–Crippen MR) is 69.7 cm³/mol. The molecule has 0 spiro atoms. The van der Waals surface area contributed by atoms with Gasteiger partial charge >= 0.3 is 5.97 Å². The van der Waals surface area contributed by atoms with E-state index in [2.05, 4.69) is 4.72 Å². The van der Waals surface area contributed by atoms with Crippen molar-refractivity contribution < 1.29 is 18.3 Å². The molecule has 2 unspecified atom stereocenters. The molecule has 1 aliphatic rings. The van der Waals surface area contributed by atoms with Gasteiger partial charge in [-0.1, -0.05) is 27.2 Å². The molecule has 0 heterocycles. The van der Waals surface area contributed by atoms with Crippen LogP contribution >= 0.6 is 0 Å². The lowest BCUT2D eigenvalue weighted by Gasteiger charge is -2.21. The van der Waals surface area contributed by atoms with E-state index in [1.54, 1.807) is 0 Å². The first-order valence-corrected chi connectivity index (χ1v) is 7.96. The zero-order valence-electron chi connectivity index (χ0n) is 11.3. The van der Waals surface area contributed by atoms with Crippen LogP contribution in [0.5, 0.6) is 0 Å². The first-order valence-electron chi connectivity index (χ1n) is 6.31. The number of aliphatic carboxylic acids is 1. The summed E-state index contributed by atoms with van der Waals surface area (Å²) in [6, 6.07) is 0. The van der Waals surface area contributed by atoms with E-state index in [-0.39, 0.29) is 23.6 Å². The minimum Gasteiger partial charge on any atom is -0.481 e. The van der Waals surface area contributed by atoms with Gasteiger partial charge in [-0.15, -0.1) is 0 Å². The Labute approximate surface area is 109 Å². The summed E-state index contributed by atoms with van der Waals surface area (Å²) in [5.41, 5.74) is -0.298. The summed E-state index contributed by atoms with van der Waals surface area (Å²) in [4.78, 5) is 11.0. The smallest absolute Gasteiger partial charge is 0.306 e. The minimum absolute atomic E-state index is 0.0600. The van der Waals surface area contributed by atoms with Crippen molar-refractivity contribution in [3.05, 3.63) is 0 Å². The van der Waals surface area contributed by atoms with Gasteiger partial charge in [0.1, 0.15) is 0 Å². The van der Waals surface area contributed by atoms with Crippen LogP contribution < -0.4 is 4.72 Å². The highest BCUT2D eigenvalue weighted by molar-refractivity contribution is 7.89. The summed E-state index contributed by atoms with van der Waals surface area (Å²) in [7, 11) is -3.32. The van der Waals surface area contributed by atoms with Crippen LogP contribution in [-0.4, -0.2) is 31.8 Å². The van der Waals surface area contributed by atoms with Crippen molar-refractivity contribution in [1.29, 1.82) is 0 Å². The highest BCUT2D eigenvalue weighted by Crippen LogP contribution is 2.31. The highest BCUT2D eigenvalue weighted by atomic mass is 32.2. The lowest BCUT2D eigenvalue weighted by atomic mass is 9.97. The molecule has 1 saturated carbocycles. The van der Waals surface area contributed by atoms with Gasteiger partial charge in [0.15, 0.2) is 0 Å². The molecule has 18 heavy (non-hydrogen) atoms. The second-order valence-corrected chi connectivity index (χ2v) is 8.11. The van der Waals surface area contributed by atoms with Crippen LogP contribution in [0.2, 0.25) is 0 Å². The Morgan fingerprint density at radius 3 is 2.44 bits per heavy atom. The number of carbonyl (C=O) groups is 1. The first-order chi connectivity index (χ1) is 8.11. The second-order valence-electron chi connectivity index (χ2n) is 6.30. The topological polar surface area (TPSA) is 83.5 Å². The Kier molecular flexibility index (Phi) is 4.78. The van der Waals surface area contributed by atoms with Crippen LogP contribution in [0, 0.1) is 17.3 Å². The van der Waals surface area contributed by atoms with Crippen molar-refractivity contribution in [2.24, 2.45) is 17.3 Å². The Balaban J connectivity index is 2.52. The van der Waals surface area contributed by atoms with Crippen molar-refractivity contribution in [2.75, 3.05) is 12.3 Å². The van der Waals surface area contributed by atoms with Gasteiger partial charge in [-0.25, -0.2) is 13.1 Å². The van der Waals surface area contributed by atoms with Gasteiger partial charge in [-0.3, -0.25) is 4.79 Å². The molecule has 2 atom stereocenters. The molecule has 0 saturated heterocycles. The van der Waals surface area contributed by atoms with E-state index < -0.39 is 21.9 Å². The van der Waals surface area contributed by atoms with Gasteiger partial charge in [0.25, 0.3) is 0 Å². The van der Waals surface area contributed by atoms with Crippen molar-refractivity contribution >= 4 is 16.0 Å². The van der Waals surface area contributed by atoms with E-state index in [1.807, 2.05) is 20.8 Å². The zero-order chi connectivity index (χ0) is 14.0. The van der Waals surface area contributed by atoms with Gasteiger partial charge < -0.3 is 5.11 Å². The Hall–Kier alpha value is -0.620. The average Bonchev–Trinajstić information content (AvgIpc) is 2.58. The third-order valence-corrected chi connectivity index (χ3v) is 5.02. The summed E-state index contributed by atoms with van der Waals surface area (Å²) in [5, 5.41) is 9.02. The number of hydrogen-bond acceptors (Lipinski definition) is 3. The van der Waals surface area contributed by atoms with E-state index in [0.29, 0.717) is 6.42 Å². The first kappa shape index (κ1) is 15.4. The fraction of sp³-hybridized carbons (Fsp3) is 0.917. The monoisotopic (exact) mass is 277 g/mol. The van der Waals surface area contributed by atoms with Crippen LogP contribution in [-0.2, 0) is 14.8 Å². The summed E-state index contributed by atoms with van der Waals surface area (Å²) in [6.07, 6.45) is 2.30. The molecule has 2 N–H and O–H groups in total. The number of hydrogen-bond donors (Lipinski definition) is 2. The van der Waals surface area contributed by atoms with Crippen LogP contribution in [0.3, 0.4) is 0 Å². The maximum Gasteiger partial charge on any atom is 0.306 e. The quantitative estimate of drug-likeness (QED) is 0.796. The summed E-state index contributed by atoms with van der Waals surface area (Å²) in [6.45, 7) is 5.83. The van der Waals surface area contributed by atoms with Gasteiger partial charge in [0, 0.05) is 6.54 Å². The summed E-state index contributed by atoms with van der Waals surface area (Å²) < 4.78 is 26.2. The van der Waals surface area contributed by atoms with Crippen LogP contribution in [0.4, 0.5) is 0 Å². The molecule has 0 aromatic carbocycles. The van der Waals surface area contributed by atoms with E-state index in [9.17, 15) is 13.2 Å². The lowest BCUT2D eigenvalue weighted by molar-refractivity contribution is -0.142. The van der Waals surface area contributed by atoms with Crippen molar-refractivity contribution in [3.63, 3.8) is 0 Å². The van der Waals surface area contributed by atoms with Gasteiger partial charge in [-0.2, -0.15) is 0 Å². The average molecular weight is 277 g/mol. The zero-order valence-corrected chi connectivity index (χ0v) is 12.1. The molecule has 6 heteroatoms. The number of rotatable bonds is 5. The number of carboxylic acid groups (broad SMARTS) is 1. The maximum atomic E-state index is 11.8. The van der Waals surface area contributed by atoms with E-state index in [0.717, 1.165) is 12.8 Å². The molecule has 5 nitrogen and oxygen atoms in total. The second kappa shape index (κ2) is 5.57. The van der Waals surface area contributed by atoms with E-state index in [1.165, 1.54) is 0 Å². The molecule has 0 aliphatic heterocycles. The maximum absolute atomic E-state index is 11.8. The normalized spacial score (nSPS) is 25.3. The summed E-state index contributed by atoms with van der Waals surface area (Å²) >= 11 is 0. The molecule has 0 radical (unpaired) electrons. The molecule has 1 fully saturated rings. The molecular formula is C12H23NO4S. The molecular weight excluding hydrogens is 254 g/mol. The largest absolute Gasteiger partial charge is 0.481 e. The van der Waals surface area contributed by atoms with Crippen LogP contribution in [0.15, 0.2) is 0 Å². The van der Waals surface area contributed by atoms with Gasteiger partial charge in [-0.05, 0) is 24.2 Å². The molecule has 0 bridgehead atoms. The molecule has 0 aromatic heterocycles. The SMILES string of the molecule is CC(C)(C)CS(=O)(=O)NCC1CCCC1C(=O)O. The Morgan fingerprint density at radius 2 is 1.94 bits per heavy atom. The van der Waals surface area contributed by atoms with Crippen LogP contribution in [0.25, 0.3) is 0 Å². The number of sulfonamides is 1. The standard InChI is InChI=1S/C12H23NO4S/c1-12(2,3)8-18(16,17)13-7-9-5-4-6-10(9)11(14)15/h9-10,13H,4-8H2,1-3H3,(H,14,15).